The number of benzene rings is 1. The van der Waals surface area contributed by atoms with E-state index < -0.39 is 5.82 Å². The Morgan fingerprint density at radius 3 is 2.95 bits per heavy atom. The van der Waals surface area contributed by atoms with Crippen molar-refractivity contribution >= 4 is 5.91 Å². The molecule has 0 aliphatic heterocycles. The molecule has 1 heterocycles. The van der Waals surface area contributed by atoms with Gasteiger partial charge in [0.05, 0.1) is 17.5 Å². The third-order valence-electron chi connectivity index (χ3n) is 3.04. The third-order valence-corrected chi connectivity index (χ3v) is 3.04. The van der Waals surface area contributed by atoms with Crippen LogP contribution in [0.4, 0.5) is 4.39 Å². The number of hydrogen-bond donors (Lipinski definition) is 3. The molecule has 6 heteroatoms. The summed E-state index contributed by atoms with van der Waals surface area (Å²) in [5.74, 6) is -0.513. The fourth-order valence-corrected chi connectivity index (χ4v) is 1.77. The molecule has 1 aromatic carbocycles. The minimum absolute atomic E-state index is 0.183. The number of nitrogens with zero attached hydrogens (tertiary/aromatic N) is 1. The molecule has 4 N–H and O–H groups in total. The average Bonchev–Trinajstić information content (AvgIpc) is 2.94. The highest BCUT2D eigenvalue weighted by atomic mass is 19.1. The summed E-state index contributed by atoms with van der Waals surface area (Å²) in [7, 11) is 0. The molecule has 20 heavy (non-hydrogen) atoms. The maximum Gasteiger partial charge on any atom is 0.255 e. The van der Waals surface area contributed by atoms with Crippen LogP contribution in [0.2, 0.25) is 0 Å². The molecule has 0 spiro atoms. The molecule has 0 radical (unpaired) electrons. The summed E-state index contributed by atoms with van der Waals surface area (Å²) in [6.07, 6.45) is 1.39. The Bertz CT molecular complexity index is 596. The van der Waals surface area contributed by atoms with Crippen LogP contribution in [0.3, 0.4) is 0 Å². The molecule has 0 saturated heterocycles. The van der Waals surface area contributed by atoms with Crippen molar-refractivity contribution in [3.63, 3.8) is 0 Å². The van der Waals surface area contributed by atoms with E-state index in [2.05, 4.69) is 15.5 Å². The van der Waals surface area contributed by atoms with Crippen LogP contribution in [0, 0.1) is 11.7 Å². The van der Waals surface area contributed by atoms with E-state index in [9.17, 15) is 9.18 Å². The zero-order valence-corrected chi connectivity index (χ0v) is 11.2. The summed E-state index contributed by atoms with van der Waals surface area (Å²) in [6, 6.07) is 6.24. The molecule has 1 aromatic heterocycles. The largest absolute Gasteiger partial charge is 0.352 e. The monoisotopic (exact) mass is 276 g/mol. The highest BCUT2D eigenvalue weighted by Gasteiger charge is 2.17. The predicted octanol–water partition coefficient (Wildman–Crippen LogP) is 1.54. The van der Waals surface area contributed by atoms with Crippen molar-refractivity contribution in [1.82, 2.24) is 15.5 Å². The SMILES string of the molecule is CC(CN)CNC(=O)c1cn[nH]c1-c1ccccc1F. The van der Waals surface area contributed by atoms with Crippen molar-refractivity contribution in [3.8, 4) is 11.3 Å². The number of H-pyrrole nitrogens is 1. The summed E-state index contributed by atoms with van der Waals surface area (Å²) >= 11 is 0. The average molecular weight is 276 g/mol. The van der Waals surface area contributed by atoms with Crippen molar-refractivity contribution in [2.45, 2.75) is 6.92 Å². The molecular weight excluding hydrogens is 259 g/mol. The number of amides is 1. The number of carbonyl (C=O) groups excluding carboxylic acids is 1. The molecule has 0 aliphatic rings. The first-order valence-corrected chi connectivity index (χ1v) is 6.40. The van der Waals surface area contributed by atoms with Gasteiger partial charge < -0.3 is 11.1 Å². The molecular formula is C14H17FN4O. The fourth-order valence-electron chi connectivity index (χ4n) is 1.77. The summed E-state index contributed by atoms with van der Waals surface area (Å²) in [5.41, 5.74) is 6.51. The summed E-state index contributed by atoms with van der Waals surface area (Å²) in [6.45, 7) is 2.90. The Balaban J connectivity index is 2.21. The third kappa shape index (κ3) is 3.03. The maximum absolute atomic E-state index is 13.8. The van der Waals surface area contributed by atoms with Gasteiger partial charge in [0.25, 0.3) is 5.91 Å². The quantitative estimate of drug-likeness (QED) is 0.774. The topological polar surface area (TPSA) is 83.8 Å². The maximum atomic E-state index is 13.8. The molecule has 2 rings (SSSR count). The molecule has 5 nitrogen and oxygen atoms in total. The second-order valence-corrected chi connectivity index (χ2v) is 4.69. The zero-order chi connectivity index (χ0) is 14.5. The fraction of sp³-hybridized carbons (Fsp3) is 0.286. The second-order valence-electron chi connectivity index (χ2n) is 4.69. The van der Waals surface area contributed by atoms with Crippen molar-refractivity contribution in [2.75, 3.05) is 13.1 Å². The smallest absolute Gasteiger partial charge is 0.255 e. The summed E-state index contributed by atoms with van der Waals surface area (Å²) in [4.78, 5) is 12.1. The van der Waals surface area contributed by atoms with E-state index in [0.717, 1.165) is 0 Å². The Hall–Kier alpha value is -2.21. The van der Waals surface area contributed by atoms with Crippen LogP contribution in [0.5, 0.6) is 0 Å². The van der Waals surface area contributed by atoms with Crippen LogP contribution in [0.1, 0.15) is 17.3 Å². The van der Waals surface area contributed by atoms with Gasteiger partial charge in [0.1, 0.15) is 5.82 Å². The Morgan fingerprint density at radius 1 is 1.50 bits per heavy atom. The number of nitrogens with one attached hydrogen (secondary N) is 2. The van der Waals surface area contributed by atoms with Gasteiger partial charge in [-0.1, -0.05) is 19.1 Å². The molecule has 0 saturated carbocycles. The Labute approximate surface area is 116 Å². The molecule has 106 valence electrons. The van der Waals surface area contributed by atoms with Gasteiger partial charge in [0.15, 0.2) is 0 Å². The lowest BCUT2D eigenvalue weighted by Crippen LogP contribution is -2.31. The Morgan fingerprint density at radius 2 is 2.25 bits per heavy atom. The molecule has 0 fully saturated rings. The van der Waals surface area contributed by atoms with E-state index in [-0.39, 0.29) is 11.8 Å². The lowest BCUT2D eigenvalue weighted by molar-refractivity contribution is 0.0949. The van der Waals surface area contributed by atoms with E-state index in [4.69, 9.17) is 5.73 Å². The normalized spacial score (nSPS) is 12.2. The van der Waals surface area contributed by atoms with Gasteiger partial charge in [-0.25, -0.2) is 4.39 Å². The van der Waals surface area contributed by atoms with Gasteiger partial charge in [-0.3, -0.25) is 9.89 Å². The first-order chi connectivity index (χ1) is 9.63. The van der Waals surface area contributed by atoms with Crippen LogP contribution in [0.25, 0.3) is 11.3 Å². The van der Waals surface area contributed by atoms with Crippen molar-refractivity contribution in [1.29, 1.82) is 0 Å². The highest BCUT2D eigenvalue weighted by molar-refractivity contribution is 5.99. The highest BCUT2D eigenvalue weighted by Crippen LogP contribution is 2.23. The minimum atomic E-state index is -0.402. The number of nitrogens with two attached hydrogens (primary N) is 1. The van der Waals surface area contributed by atoms with Crippen LogP contribution < -0.4 is 11.1 Å². The first-order valence-electron chi connectivity index (χ1n) is 6.40. The first kappa shape index (κ1) is 14.2. The van der Waals surface area contributed by atoms with Crippen LogP contribution in [0.15, 0.2) is 30.5 Å². The van der Waals surface area contributed by atoms with Gasteiger partial charge in [0.2, 0.25) is 0 Å². The van der Waals surface area contributed by atoms with E-state index in [1.54, 1.807) is 18.2 Å². The molecule has 0 aliphatic carbocycles. The van der Waals surface area contributed by atoms with E-state index in [0.29, 0.717) is 29.9 Å². The van der Waals surface area contributed by atoms with Crippen LogP contribution in [-0.2, 0) is 0 Å². The van der Waals surface area contributed by atoms with Gasteiger partial charge >= 0.3 is 0 Å². The van der Waals surface area contributed by atoms with Crippen LogP contribution >= 0.6 is 0 Å². The molecule has 2 aromatic rings. The number of hydrogen-bond acceptors (Lipinski definition) is 3. The summed E-state index contributed by atoms with van der Waals surface area (Å²) in [5, 5.41) is 9.26. The van der Waals surface area contributed by atoms with Crippen LogP contribution in [-0.4, -0.2) is 29.2 Å². The standard InChI is InChI=1S/C14H17FN4O/c1-9(6-16)7-17-14(20)11-8-18-19-13(11)10-4-2-3-5-12(10)15/h2-5,8-9H,6-7,16H2,1H3,(H,17,20)(H,18,19). The minimum Gasteiger partial charge on any atom is -0.352 e. The van der Waals surface area contributed by atoms with Crippen molar-refractivity contribution in [3.05, 3.63) is 41.8 Å². The van der Waals surface area contributed by atoms with Crippen molar-refractivity contribution in [2.24, 2.45) is 11.7 Å². The Kier molecular flexibility index (Phi) is 4.47. The van der Waals surface area contributed by atoms with E-state index >= 15 is 0 Å². The lowest BCUT2D eigenvalue weighted by atomic mass is 10.1. The number of carbonyl (C=O) groups is 1. The molecule has 0 bridgehead atoms. The number of aromatic nitrogens is 2. The van der Waals surface area contributed by atoms with Gasteiger partial charge in [-0.2, -0.15) is 5.10 Å². The van der Waals surface area contributed by atoms with Gasteiger partial charge in [0, 0.05) is 12.1 Å². The molecule has 1 atom stereocenters. The molecule has 1 amide bonds. The van der Waals surface area contributed by atoms with E-state index in [1.807, 2.05) is 6.92 Å². The van der Waals surface area contributed by atoms with E-state index in [1.165, 1.54) is 12.3 Å². The number of halogens is 1. The van der Waals surface area contributed by atoms with Crippen molar-refractivity contribution < 1.29 is 9.18 Å². The number of rotatable bonds is 5. The predicted molar refractivity (Wildman–Crippen MR) is 74.5 cm³/mol. The second kappa shape index (κ2) is 6.29. The zero-order valence-electron chi connectivity index (χ0n) is 11.2. The summed E-state index contributed by atoms with van der Waals surface area (Å²) < 4.78 is 13.8. The lowest BCUT2D eigenvalue weighted by Gasteiger charge is -2.10. The van der Waals surface area contributed by atoms with Gasteiger partial charge in [-0.05, 0) is 24.6 Å². The number of aromatic amines is 1. The van der Waals surface area contributed by atoms with Gasteiger partial charge in [-0.15, -0.1) is 0 Å². The molecule has 1 unspecified atom stereocenters.